The SMILES string of the molecule is Cc1nc([C@@H]2CCCN(C(=O)Cc3cccc(F)c3)C2)ncc1C(=O)NCc1ccccc1. The molecule has 2 amide bonds. The lowest BCUT2D eigenvalue weighted by Gasteiger charge is -2.32. The Balaban J connectivity index is 1.38. The van der Waals surface area contributed by atoms with Crippen LogP contribution in [0, 0.1) is 12.7 Å². The summed E-state index contributed by atoms with van der Waals surface area (Å²) in [7, 11) is 0. The number of carbonyl (C=O) groups excluding carboxylic acids is 2. The summed E-state index contributed by atoms with van der Waals surface area (Å²) >= 11 is 0. The van der Waals surface area contributed by atoms with Crippen molar-refractivity contribution in [3.63, 3.8) is 0 Å². The number of halogens is 1. The Morgan fingerprint density at radius 3 is 2.67 bits per heavy atom. The number of amides is 2. The second-order valence-corrected chi connectivity index (χ2v) is 8.38. The number of hydrogen-bond acceptors (Lipinski definition) is 4. The molecule has 1 fully saturated rings. The molecule has 1 aliphatic rings. The van der Waals surface area contributed by atoms with Gasteiger partial charge in [0.05, 0.1) is 17.7 Å². The Labute approximate surface area is 192 Å². The molecule has 33 heavy (non-hydrogen) atoms. The maximum atomic E-state index is 13.4. The van der Waals surface area contributed by atoms with Gasteiger partial charge in [0.2, 0.25) is 5.91 Å². The molecule has 1 saturated heterocycles. The number of nitrogens with zero attached hydrogens (tertiary/aromatic N) is 3. The van der Waals surface area contributed by atoms with Crippen LogP contribution in [0.3, 0.4) is 0 Å². The average molecular weight is 447 g/mol. The van der Waals surface area contributed by atoms with E-state index in [0.29, 0.717) is 42.3 Å². The second kappa shape index (κ2) is 10.3. The summed E-state index contributed by atoms with van der Waals surface area (Å²) in [5.41, 5.74) is 2.75. The first-order chi connectivity index (χ1) is 16.0. The third kappa shape index (κ3) is 5.80. The van der Waals surface area contributed by atoms with E-state index in [9.17, 15) is 14.0 Å². The molecule has 0 saturated carbocycles. The van der Waals surface area contributed by atoms with Gasteiger partial charge in [0.15, 0.2) is 0 Å². The van der Waals surface area contributed by atoms with Crippen LogP contribution < -0.4 is 5.32 Å². The van der Waals surface area contributed by atoms with Crippen LogP contribution in [-0.2, 0) is 17.8 Å². The van der Waals surface area contributed by atoms with E-state index in [1.165, 1.54) is 12.1 Å². The molecule has 1 aliphatic heterocycles. The van der Waals surface area contributed by atoms with Gasteiger partial charge in [0.25, 0.3) is 5.91 Å². The normalized spacial score (nSPS) is 15.8. The van der Waals surface area contributed by atoms with Crippen LogP contribution in [0.4, 0.5) is 4.39 Å². The van der Waals surface area contributed by atoms with E-state index in [1.54, 1.807) is 30.2 Å². The first-order valence-electron chi connectivity index (χ1n) is 11.2. The van der Waals surface area contributed by atoms with E-state index in [4.69, 9.17) is 0 Å². The van der Waals surface area contributed by atoms with Crippen molar-refractivity contribution in [3.8, 4) is 0 Å². The number of carbonyl (C=O) groups is 2. The Bertz CT molecular complexity index is 1140. The number of aromatic nitrogens is 2. The van der Waals surface area contributed by atoms with Crippen LogP contribution in [0.2, 0.25) is 0 Å². The fraction of sp³-hybridized carbons (Fsp3) is 0.308. The summed E-state index contributed by atoms with van der Waals surface area (Å²) in [6.07, 6.45) is 3.47. The minimum atomic E-state index is -0.339. The molecule has 0 radical (unpaired) electrons. The molecular weight excluding hydrogens is 419 g/mol. The van der Waals surface area contributed by atoms with Crippen LogP contribution >= 0.6 is 0 Å². The van der Waals surface area contributed by atoms with Crippen LogP contribution in [0.5, 0.6) is 0 Å². The predicted molar refractivity (Wildman–Crippen MR) is 123 cm³/mol. The minimum absolute atomic E-state index is 0.00957. The molecule has 1 aromatic heterocycles. The molecule has 0 aliphatic carbocycles. The highest BCUT2D eigenvalue weighted by Gasteiger charge is 2.27. The summed E-state index contributed by atoms with van der Waals surface area (Å²) in [6.45, 7) is 3.43. The van der Waals surface area contributed by atoms with E-state index in [2.05, 4.69) is 15.3 Å². The molecule has 2 aromatic carbocycles. The molecule has 6 nitrogen and oxygen atoms in total. The number of aryl methyl sites for hydroxylation is 1. The topological polar surface area (TPSA) is 75.2 Å². The van der Waals surface area contributed by atoms with Crippen LogP contribution in [0.15, 0.2) is 60.8 Å². The van der Waals surface area contributed by atoms with Gasteiger partial charge >= 0.3 is 0 Å². The second-order valence-electron chi connectivity index (χ2n) is 8.38. The zero-order valence-electron chi connectivity index (χ0n) is 18.6. The molecule has 0 bridgehead atoms. The number of nitrogens with one attached hydrogen (secondary N) is 1. The quantitative estimate of drug-likeness (QED) is 0.625. The molecule has 4 rings (SSSR count). The minimum Gasteiger partial charge on any atom is -0.348 e. The Hall–Kier alpha value is -3.61. The van der Waals surface area contributed by atoms with Gasteiger partial charge in [-0.1, -0.05) is 42.5 Å². The standard InChI is InChI=1S/C26H27FN4O2/c1-18-23(26(33)29-15-19-7-3-2-4-8-19)16-28-25(30-18)21-10-6-12-31(17-21)24(32)14-20-9-5-11-22(27)13-20/h2-5,7-9,11,13,16,21H,6,10,12,14-15,17H2,1H3,(H,29,33)/t21-/m1/s1. The molecule has 7 heteroatoms. The summed E-state index contributed by atoms with van der Waals surface area (Å²) in [5, 5.41) is 2.91. The van der Waals surface area contributed by atoms with E-state index < -0.39 is 0 Å². The van der Waals surface area contributed by atoms with Crippen molar-refractivity contribution in [3.05, 3.63) is 94.8 Å². The number of rotatable bonds is 6. The van der Waals surface area contributed by atoms with Crippen molar-refractivity contribution in [1.29, 1.82) is 0 Å². The van der Waals surface area contributed by atoms with Crippen LogP contribution in [0.1, 0.15) is 51.8 Å². The van der Waals surface area contributed by atoms with E-state index in [1.807, 2.05) is 30.3 Å². The summed E-state index contributed by atoms with van der Waals surface area (Å²) in [5.74, 6) is 0.0803. The fourth-order valence-electron chi connectivity index (χ4n) is 4.13. The molecule has 2 heterocycles. The summed E-state index contributed by atoms with van der Waals surface area (Å²) in [6, 6.07) is 15.9. The first kappa shape index (κ1) is 22.6. The third-order valence-corrected chi connectivity index (χ3v) is 5.92. The Morgan fingerprint density at radius 1 is 1.12 bits per heavy atom. The average Bonchev–Trinajstić information content (AvgIpc) is 2.83. The van der Waals surface area contributed by atoms with Gasteiger partial charge in [-0.3, -0.25) is 9.59 Å². The van der Waals surface area contributed by atoms with Crippen molar-refractivity contribution < 1.29 is 14.0 Å². The number of likely N-dealkylation sites (tertiary alicyclic amines) is 1. The molecule has 3 aromatic rings. The first-order valence-corrected chi connectivity index (χ1v) is 11.2. The summed E-state index contributed by atoms with van der Waals surface area (Å²) < 4.78 is 13.4. The van der Waals surface area contributed by atoms with Crippen LogP contribution in [-0.4, -0.2) is 39.8 Å². The zero-order chi connectivity index (χ0) is 23.2. The molecular formula is C26H27FN4O2. The maximum absolute atomic E-state index is 13.4. The summed E-state index contributed by atoms with van der Waals surface area (Å²) in [4.78, 5) is 36.2. The lowest BCUT2D eigenvalue weighted by atomic mass is 9.96. The van der Waals surface area contributed by atoms with Gasteiger partial charge in [0, 0.05) is 31.7 Å². The maximum Gasteiger partial charge on any atom is 0.254 e. The lowest BCUT2D eigenvalue weighted by Crippen LogP contribution is -2.40. The highest BCUT2D eigenvalue weighted by molar-refractivity contribution is 5.94. The van der Waals surface area contributed by atoms with Gasteiger partial charge in [-0.15, -0.1) is 0 Å². The van der Waals surface area contributed by atoms with Gasteiger partial charge in [-0.25, -0.2) is 14.4 Å². The predicted octanol–water partition coefficient (Wildman–Crippen LogP) is 3.80. The Kier molecular flexibility index (Phi) is 7.07. The van der Waals surface area contributed by atoms with Crippen molar-refractivity contribution in [2.45, 2.75) is 38.6 Å². The third-order valence-electron chi connectivity index (χ3n) is 5.92. The van der Waals surface area contributed by atoms with Gasteiger partial charge in [-0.05, 0) is 43.0 Å². The Morgan fingerprint density at radius 2 is 1.91 bits per heavy atom. The monoisotopic (exact) mass is 446 g/mol. The van der Waals surface area contributed by atoms with Crippen molar-refractivity contribution in [1.82, 2.24) is 20.2 Å². The molecule has 170 valence electrons. The van der Waals surface area contributed by atoms with Gasteiger partial charge in [0.1, 0.15) is 11.6 Å². The largest absolute Gasteiger partial charge is 0.348 e. The smallest absolute Gasteiger partial charge is 0.254 e. The lowest BCUT2D eigenvalue weighted by molar-refractivity contribution is -0.131. The molecule has 1 atom stereocenters. The highest BCUT2D eigenvalue weighted by atomic mass is 19.1. The van der Waals surface area contributed by atoms with E-state index >= 15 is 0 Å². The van der Waals surface area contributed by atoms with E-state index in [0.717, 1.165) is 18.4 Å². The van der Waals surface area contributed by atoms with Crippen molar-refractivity contribution >= 4 is 11.8 Å². The van der Waals surface area contributed by atoms with Crippen molar-refractivity contribution in [2.75, 3.05) is 13.1 Å². The number of hydrogen-bond donors (Lipinski definition) is 1. The van der Waals surface area contributed by atoms with Crippen molar-refractivity contribution in [2.24, 2.45) is 0 Å². The molecule has 0 spiro atoms. The number of benzene rings is 2. The number of piperidine rings is 1. The highest BCUT2D eigenvalue weighted by Crippen LogP contribution is 2.25. The van der Waals surface area contributed by atoms with Gasteiger partial charge < -0.3 is 10.2 Å². The van der Waals surface area contributed by atoms with E-state index in [-0.39, 0.29) is 30.0 Å². The fourth-order valence-corrected chi connectivity index (χ4v) is 4.13. The molecule has 1 N–H and O–H groups in total. The van der Waals surface area contributed by atoms with Gasteiger partial charge in [-0.2, -0.15) is 0 Å². The zero-order valence-corrected chi connectivity index (χ0v) is 18.6. The molecule has 0 unspecified atom stereocenters. The van der Waals surface area contributed by atoms with Crippen LogP contribution in [0.25, 0.3) is 0 Å².